The average Bonchev–Trinajstić information content (AvgIpc) is 2.28. The normalized spacial score (nSPS) is 32.1. The molecule has 1 saturated heterocycles. The minimum atomic E-state index is -0.268. The first-order valence-corrected chi connectivity index (χ1v) is 6.23. The summed E-state index contributed by atoms with van der Waals surface area (Å²) >= 11 is 0. The van der Waals surface area contributed by atoms with E-state index in [1.807, 2.05) is 24.3 Å². The predicted molar refractivity (Wildman–Crippen MR) is 65.4 cm³/mol. The Balaban J connectivity index is 1.95. The quantitative estimate of drug-likeness (QED) is 0.743. The van der Waals surface area contributed by atoms with Crippen LogP contribution in [0.3, 0.4) is 0 Å². The van der Waals surface area contributed by atoms with E-state index in [2.05, 4.69) is 12.2 Å². The third-order valence-electron chi connectivity index (χ3n) is 3.75. The van der Waals surface area contributed by atoms with E-state index in [0.29, 0.717) is 12.5 Å². The van der Waals surface area contributed by atoms with E-state index in [1.165, 1.54) is 0 Å². The zero-order valence-electron chi connectivity index (χ0n) is 10.0. The molecule has 2 unspecified atom stereocenters. The fourth-order valence-electron chi connectivity index (χ4n) is 2.98. The molecule has 0 saturated carbocycles. The molecule has 2 aliphatic heterocycles. The number of benzene rings is 1. The summed E-state index contributed by atoms with van der Waals surface area (Å²) in [7, 11) is 0. The number of fused-ring (bicyclic) bond motifs is 1. The number of hydrogen-bond donors (Lipinski definition) is 1. The Bertz CT molecular complexity index is 457. The van der Waals surface area contributed by atoms with Gasteiger partial charge in [-0.15, -0.1) is 0 Å². The second-order valence-electron chi connectivity index (χ2n) is 5.19. The third kappa shape index (κ3) is 1.84. The molecule has 1 aromatic carbocycles. The molecule has 2 aliphatic rings. The van der Waals surface area contributed by atoms with Crippen molar-refractivity contribution < 1.29 is 9.53 Å². The van der Waals surface area contributed by atoms with Crippen molar-refractivity contribution in [3.05, 3.63) is 29.8 Å². The smallest absolute Gasteiger partial charge is 0.170 e. The SMILES string of the molecule is CC1CC2(CCN1)CC(=O)c1ccccc1O2. The summed E-state index contributed by atoms with van der Waals surface area (Å²) in [6.45, 7) is 3.08. The van der Waals surface area contributed by atoms with Crippen molar-refractivity contribution in [2.45, 2.75) is 37.8 Å². The van der Waals surface area contributed by atoms with E-state index < -0.39 is 0 Å². The Morgan fingerprint density at radius 2 is 2.24 bits per heavy atom. The van der Waals surface area contributed by atoms with Crippen LogP contribution >= 0.6 is 0 Å². The second kappa shape index (κ2) is 3.84. The molecular formula is C14H17NO2. The number of nitrogens with one attached hydrogen (secondary N) is 1. The van der Waals surface area contributed by atoms with Gasteiger partial charge < -0.3 is 10.1 Å². The zero-order chi connectivity index (χ0) is 11.9. The molecule has 1 aromatic rings. The number of carbonyl (C=O) groups excluding carboxylic acids is 1. The van der Waals surface area contributed by atoms with E-state index in [0.717, 1.165) is 30.7 Å². The van der Waals surface area contributed by atoms with E-state index in [1.54, 1.807) is 0 Å². The van der Waals surface area contributed by atoms with E-state index in [4.69, 9.17) is 4.74 Å². The molecule has 3 rings (SSSR count). The highest BCUT2D eigenvalue weighted by molar-refractivity contribution is 6.00. The van der Waals surface area contributed by atoms with Crippen molar-refractivity contribution in [3.8, 4) is 5.75 Å². The number of rotatable bonds is 0. The van der Waals surface area contributed by atoms with Crippen LogP contribution in [0.5, 0.6) is 5.75 Å². The Morgan fingerprint density at radius 1 is 1.41 bits per heavy atom. The molecule has 90 valence electrons. The minimum absolute atomic E-state index is 0.223. The fourth-order valence-corrected chi connectivity index (χ4v) is 2.98. The molecule has 1 spiro atoms. The monoisotopic (exact) mass is 231 g/mol. The number of hydrogen-bond acceptors (Lipinski definition) is 3. The van der Waals surface area contributed by atoms with E-state index in [-0.39, 0.29) is 11.4 Å². The van der Waals surface area contributed by atoms with E-state index >= 15 is 0 Å². The molecule has 1 N–H and O–H groups in total. The largest absolute Gasteiger partial charge is 0.486 e. The maximum Gasteiger partial charge on any atom is 0.170 e. The van der Waals surface area contributed by atoms with Crippen LogP contribution < -0.4 is 10.1 Å². The third-order valence-corrected chi connectivity index (χ3v) is 3.75. The van der Waals surface area contributed by atoms with Crippen molar-refractivity contribution in [2.24, 2.45) is 0 Å². The lowest BCUT2D eigenvalue weighted by atomic mass is 9.80. The molecule has 2 atom stereocenters. The molecule has 2 heterocycles. The highest BCUT2D eigenvalue weighted by Crippen LogP contribution is 2.38. The first-order chi connectivity index (χ1) is 8.19. The second-order valence-corrected chi connectivity index (χ2v) is 5.19. The summed E-state index contributed by atoms with van der Waals surface area (Å²) in [6, 6.07) is 8.00. The van der Waals surface area contributed by atoms with Crippen molar-refractivity contribution >= 4 is 5.78 Å². The van der Waals surface area contributed by atoms with Crippen LogP contribution in [0.25, 0.3) is 0 Å². The van der Waals surface area contributed by atoms with E-state index in [9.17, 15) is 4.79 Å². The first-order valence-electron chi connectivity index (χ1n) is 6.23. The molecule has 0 aromatic heterocycles. The lowest BCUT2D eigenvalue weighted by Crippen LogP contribution is -2.52. The van der Waals surface area contributed by atoms with Crippen molar-refractivity contribution in [3.63, 3.8) is 0 Å². The maximum absolute atomic E-state index is 12.2. The molecule has 17 heavy (non-hydrogen) atoms. The van der Waals surface area contributed by atoms with Crippen LogP contribution in [-0.2, 0) is 0 Å². The summed E-state index contributed by atoms with van der Waals surface area (Å²) in [6.07, 6.45) is 2.35. The van der Waals surface area contributed by atoms with Gasteiger partial charge in [-0.3, -0.25) is 4.79 Å². The molecule has 0 aliphatic carbocycles. The standard InChI is InChI=1S/C14H17NO2/c1-10-8-14(6-7-15-10)9-12(16)11-4-2-3-5-13(11)17-14/h2-5,10,15H,6-9H2,1H3. The Hall–Kier alpha value is -1.35. The highest BCUT2D eigenvalue weighted by Gasteiger charge is 2.42. The van der Waals surface area contributed by atoms with Gasteiger partial charge >= 0.3 is 0 Å². The van der Waals surface area contributed by atoms with Crippen molar-refractivity contribution in [1.82, 2.24) is 5.32 Å². The topological polar surface area (TPSA) is 38.3 Å². The molecule has 0 radical (unpaired) electrons. The number of ether oxygens (including phenoxy) is 1. The van der Waals surface area contributed by atoms with Crippen LogP contribution in [0.2, 0.25) is 0 Å². The molecule has 3 heteroatoms. The van der Waals surface area contributed by atoms with Gasteiger partial charge in [0.15, 0.2) is 5.78 Å². The van der Waals surface area contributed by atoms with Crippen LogP contribution in [0.1, 0.15) is 36.5 Å². The Morgan fingerprint density at radius 3 is 3.06 bits per heavy atom. The van der Waals surface area contributed by atoms with Gasteiger partial charge in [-0.05, 0) is 25.6 Å². The van der Waals surface area contributed by atoms with Crippen molar-refractivity contribution in [2.75, 3.05) is 6.54 Å². The summed E-state index contributed by atoms with van der Waals surface area (Å²) in [5.74, 6) is 0.985. The van der Waals surface area contributed by atoms with Crippen LogP contribution in [-0.4, -0.2) is 24.0 Å². The number of Topliss-reactive ketones (excluding diaryl/α,β-unsaturated/α-hetero) is 1. The van der Waals surface area contributed by atoms with Gasteiger partial charge in [0, 0.05) is 18.9 Å². The molecule has 0 amide bonds. The van der Waals surface area contributed by atoms with Crippen LogP contribution in [0, 0.1) is 0 Å². The van der Waals surface area contributed by atoms with Gasteiger partial charge in [-0.2, -0.15) is 0 Å². The van der Waals surface area contributed by atoms with Gasteiger partial charge in [0.25, 0.3) is 0 Å². The van der Waals surface area contributed by atoms with Gasteiger partial charge in [0.2, 0.25) is 0 Å². The lowest BCUT2D eigenvalue weighted by Gasteiger charge is -2.43. The van der Waals surface area contributed by atoms with Crippen LogP contribution in [0.15, 0.2) is 24.3 Å². The lowest BCUT2D eigenvalue weighted by molar-refractivity contribution is 0.00876. The van der Waals surface area contributed by atoms with Crippen molar-refractivity contribution in [1.29, 1.82) is 0 Å². The highest BCUT2D eigenvalue weighted by atomic mass is 16.5. The number of para-hydroxylation sites is 1. The van der Waals surface area contributed by atoms with Gasteiger partial charge in [-0.25, -0.2) is 0 Å². The number of ketones is 1. The summed E-state index contributed by atoms with van der Waals surface area (Å²) in [4.78, 5) is 12.2. The number of carbonyl (C=O) groups is 1. The van der Waals surface area contributed by atoms with Gasteiger partial charge in [0.1, 0.15) is 11.4 Å². The Labute approximate surface area is 101 Å². The molecule has 1 fully saturated rings. The summed E-state index contributed by atoms with van der Waals surface area (Å²) in [5.41, 5.74) is 0.472. The molecule has 0 bridgehead atoms. The maximum atomic E-state index is 12.2. The van der Waals surface area contributed by atoms with Gasteiger partial charge in [0.05, 0.1) is 12.0 Å². The Kier molecular flexibility index (Phi) is 2.44. The zero-order valence-corrected chi connectivity index (χ0v) is 10.0. The summed E-state index contributed by atoms with van der Waals surface area (Å²) in [5, 5.41) is 3.40. The van der Waals surface area contributed by atoms with Gasteiger partial charge in [-0.1, -0.05) is 12.1 Å². The fraction of sp³-hybridized carbons (Fsp3) is 0.500. The molecular weight excluding hydrogens is 214 g/mol. The molecule has 3 nitrogen and oxygen atoms in total. The average molecular weight is 231 g/mol. The predicted octanol–water partition coefficient (Wildman–Crippen LogP) is 2.16. The first kappa shape index (κ1) is 10.8. The van der Waals surface area contributed by atoms with Crippen LogP contribution in [0.4, 0.5) is 0 Å². The number of piperidine rings is 1. The minimum Gasteiger partial charge on any atom is -0.486 e. The summed E-state index contributed by atoms with van der Waals surface area (Å²) < 4.78 is 6.14.